The zero-order valence-electron chi connectivity index (χ0n) is 10.1. The highest BCUT2D eigenvalue weighted by Crippen LogP contribution is 2.24. The molecule has 1 rings (SSSR count). The second-order valence-electron chi connectivity index (χ2n) is 3.59. The maximum Gasteiger partial charge on any atom is 0.387 e. The van der Waals surface area contributed by atoms with Crippen molar-refractivity contribution in [1.82, 2.24) is 0 Å². The fraction of sp³-hybridized carbons (Fsp3) is 0.333. The third-order valence-corrected chi connectivity index (χ3v) is 2.31. The third-order valence-electron chi connectivity index (χ3n) is 2.31. The molecule has 7 heteroatoms. The molecule has 0 spiro atoms. The van der Waals surface area contributed by atoms with Crippen LogP contribution in [0.15, 0.2) is 18.2 Å². The lowest BCUT2D eigenvalue weighted by atomic mass is 10.0. The second-order valence-corrected chi connectivity index (χ2v) is 3.59. The molecule has 0 aromatic heterocycles. The van der Waals surface area contributed by atoms with Crippen molar-refractivity contribution in [2.24, 2.45) is 0 Å². The third kappa shape index (κ3) is 4.53. The smallest absolute Gasteiger partial charge is 0.387 e. The summed E-state index contributed by atoms with van der Waals surface area (Å²) in [5.74, 6) is -1.87. The Morgan fingerprint density at radius 2 is 2.05 bits per heavy atom. The van der Waals surface area contributed by atoms with Crippen LogP contribution < -0.4 is 4.74 Å². The number of carboxylic acid groups (broad SMARTS) is 1. The van der Waals surface area contributed by atoms with Gasteiger partial charge in [0.15, 0.2) is 0 Å². The molecule has 1 aromatic rings. The molecule has 0 unspecified atom stereocenters. The Labute approximate surface area is 107 Å². The van der Waals surface area contributed by atoms with Crippen LogP contribution in [0.3, 0.4) is 0 Å². The molecule has 0 aliphatic heterocycles. The molecule has 0 radical (unpaired) electrons. The zero-order chi connectivity index (χ0) is 14.4. The van der Waals surface area contributed by atoms with Crippen LogP contribution in [0.4, 0.5) is 8.78 Å². The molecule has 5 nitrogen and oxygen atoms in total. The van der Waals surface area contributed by atoms with Crippen LogP contribution in [-0.2, 0) is 16.0 Å². The first kappa shape index (κ1) is 14.9. The van der Waals surface area contributed by atoms with Crippen LogP contribution in [0.25, 0.3) is 0 Å². The number of aryl methyl sites for hydroxylation is 1. The van der Waals surface area contributed by atoms with Crippen molar-refractivity contribution in [1.29, 1.82) is 0 Å². The number of aliphatic carboxylic acids is 1. The molecule has 0 saturated carbocycles. The molecule has 0 amide bonds. The van der Waals surface area contributed by atoms with Crippen molar-refractivity contribution >= 4 is 11.9 Å². The van der Waals surface area contributed by atoms with Gasteiger partial charge in [-0.1, -0.05) is 0 Å². The second kappa shape index (κ2) is 6.67. The highest BCUT2D eigenvalue weighted by atomic mass is 19.3. The summed E-state index contributed by atoms with van der Waals surface area (Å²) in [6.45, 7) is -3.02. The lowest BCUT2D eigenvalue weighted by molar-refractivity contribution is -0.136. The van der Waals surface area contributed by atoms with E-state index in [2.05, 4.69) is 9.47 Å². The van der Waals surface area contributed by atoms with Gasteiger partial charge in [-0.05, 0) is 30.2 Å². The number of halogens is 2. The van der Waals surface area contributed by atoms with Gasteiger partial charge in [0.25, 0.3) is 0 Å². The highest BCUT2D eigenvalue weighted by molar-refractivity contribution is 5.89. The minimum atomic E-state index is -3.02. The van der Waals surface area contributed by atoms with E-state index in [0.29, 0.717) is 0 Å². The van der Waals surface area contributed by atoms with E-state index in [-0.39, 0.29) is 29.7 Å². The van der Waals surface area contributed by atoms with E-state index in [1.165, 1.54) is 25.3 Å². The summed E-state index contributed by atoms with van der Waals surface area (Å²) in [5.41, 5.74) is 0.357. The monoisotopic (exact) mass is 274 g/mol. The molecule has 104 valence electrons. The van der Waals surface area contributed by atoms with Crippen molar-refractivity contribution < 1.29 is 33.0 Å². The summed E-state index contributed by atoms with van der Waals surface area (Å²) in [5, 5.41) is 8.59. The molecule has 1 aromatic carbocycles. The van der Waals surface area contributed by atoms with Gasteiger partial charge in [-0.15, -0.1) is 0 Å². The molecule has 19 heavy (non-hydrogen) atoms. The molecule has 0 heterocycles. The normalized spacial score (nSPS) is 10.3. The van der Waals surface area contributed by atoms with E-state index in [4.69, 9.17) is 5.11 Å². The van der Waals surface area contributed by atoms with Gasteiger partial charge in [0.1, 0.15) is 5.75 Å². The summed E-state index contributed by atoms with van der Waals surface area (Å²) in [4.78, 5) is 21.8. The molecular weight excluding hydrogens is 262 g/mol. The van der Waals surface area contributed by atoms with Crippen LogP contribution >= 0.6 is 0 Å². The first-order valence-electron chi connectivity index (χ1n) is 5.32. The SMILES string of the molecule is COC(=O)c1ccc(OC(F)F)c(CCC(=O)O)c1. The molecular formula is C12H12F2O5. The van der Waals surface area contributed by atoms with Crippen molar-refractivity contribution in [3.63, 3.8) is 0 Å². The van der Waals surface area contributed by atoms with Crippen molar-refractivity contribution in [3.05, 3.63) is 29.3 Å². The average Bonchev–Trinajstić information content (AvgIpc) is 2.35. The number of carbonyl (C=O) groups excluding carboxylic acids is 1. The number of carboxylic acids is 1. The summed E-state index contributed by atoms with van der Waals surface area (Å²) < 4.78 is 33.2. The average molecular weight is 274 g/mol. The maximum atomic E-state index is 12.2. The van der Waals surface area contributed by atoms with Gasteiger partial charge >= 0.3 is 18.6 Å². The topological polar surface area (TPSA) is 72.8 Å². The van der Waals surface area contributed by atoms with Crippen molar-refractivity contribution in [3.8, 4) is 5.75 Å². The predicted octanol–water partition coefficient (Wildman–Crippen LogP) is 2.09. The highest BCUT2D eigenvalue weighted by Gasteiger charge is 2.14. The summed E-state index contributed by atoms with van der Waals surface area (Å²) in [7, 11) is 1.18. The number of carbonyl (C=O) groups is 2. The van der Waals surface area contributed by atoms with E-state index in [1.54, 1.807) is 0 Å². The number of hydrogen-bond acceptors (Lipinski definition) is 4. The first-order chi connectivity index (χ1) is 8.93. The standard InChI is InChI=1S/C12H12F2O5/c1-18-11(17)8-2-4-9(19-12(13)14)7(6-8)3-5-10(15)16/h2,4,6,12H,3,5H2,1H3,(H,15,16). The molecule has 0 aliphatic carbocycles. The zero-order valence-corrected chi connectivity index (χ0v) is 10.1. The van der Waals surface area contributed by atoms with Crippen molar-refractivity contribution in [2.45, 2.75) is 19.5 Å². The van der Waals surface area contributed by atoms with E-state index in [9.17, 15) is 18.4 Å². The number of hydrogen-bond donors (Lipinski definition) is 1. The Morgan fingerprint density at radius 3 is 2.58 bits per heavy atom. The molecule has 0 atom stereocenters. The number of alkyl halides is 2. The Balaban J connectivity index is 3.02. The summed E-state index contributed by atoms with van der Waals surface area (Å²) >= 11 is 0. The van der Waals surface area contributed by atoms with Crippen LogP contribution in [0.1, 0.15) is 22.3 Å². The quantitative estimate of drug-likeness (QED) is 0.804. The van der Waals surface area contributed by atoms with E-state index in [1.807, 2.05) is 0 Å². The Hall–Kier alpha value is -2.18. The van der Waals surface area contributed by atoms with Gasteiger partial charge in [0, 0.05) is 6.42 Å². The van der Waals surface area contributed by atoms with E-state index in [0.717, 1.165) is 0 Å². The fourth-order valence-electron chi connectivity index (χ4n) is 1.47. The molecule has 0 aliphatic rings. The lowest BCUT2D eigenvalue weighted by Gasteiger charge is -2.11. The van der Waals surface area contributed by atoms with Crippen LogP contribution in [0.2, 0.25) is 0 Å². The summed E-state index contributed by atoms with van der Waals surface area (Å²) in [6.07, 6.45) is -0.285. The minimum Gasteiger partial charge on any atom is -0.481 e. The van der Waals surface area contributed by atoms with Gasteiger partial charge in [0.2, 0.25) is 0 Å². The summed E-state index contributed by atoms with van der Waals surface area (Å²) in [6, 6.07) is 3.75. The van der Waals surface area contributed by atoms with Crippen LogP contribution in [0, 0.1) is 0 Å². The van der Waals surface area contributed by atoms with Crippen LogP contribution in [-0.4, -0.2) is 30.8 Å². The van der Waals surface area contributed by atoms with Gasteiger partial charge in [-0.2, -0.15) is 8.78 Å². The van der Waals surface area contributed by atoms with E-state index < -0.39 is 18.6 Å². The molecule has 0 fully saturated rings. The molecule has 0 bridgehead atoms. The maximum absolute atomic E-state index is 12.2. The fourth-order valence-corrected chi connectivity index (χ4v) is 1.47. The molecule has 1 N–H and O–H groups in total. The Bertz CT molecular complexity index is 473. The predicted molar refractivity (Wildman–Crippen MR) is 60.4 cm³/mol. The number of benzene rings is 1. The molecule has 0 saturated heterocycles. The lowest BCUT2D eigenvalue weighted by Crippen LogP contribution is -2.08. The Kier molecular flexibility index (Phi) is 5.23. The van der Waals surface area contributed by atoms with Gasteiger partial charge in [-0.25, -0.2) is 4.79 Å². The van der Waals surface area contributed by atoms with Gasteiger partial charge in [-0.3, -0.25) is 4.79 Å². The number of esters is 1. The number of methoxy groups -OCH3 is 1. The van der Waals surface area contributed by atoms with Gasteiger partial charge in [0.05, 0.1) is 12.7 Å². The van der Waals surface area contributed by atoms with Gasteiger partial charge < -0.3 is 14.6 Å². The number of ether oxygens (including phenoxy) is 2. The largest absolute Gasteiger partial charge is 0.481 e. The number of rotatable bonds is 6. The minimum absolute atomic E-state index is 0.0256. The van der Waals surface area contributed by atoms with E-state index >= 15 is 0 Å². The van der Waals surface area contributed by atoms with Crippen molar-refractivity contribution in [2.75, 3.05) is 7.11 Å². The Morgan fingerprint density at radius 1 is 1.37 bits per heavy atom. The van der Waals surface area contributed by atoms with Crippen LogP contribution in [0.5, 0.6) is 5.75 Å². The first-order valence-corrected chi connectivity index (χ1v) is 5.32.